The molecule has 2 saturated heterocycles. The highest BCUT2D eigenvalue weighted by atomic mass is 32.2. The Morgan fingerprint density at radius 1 is 1.16 bits per heavy atom. The summed E-state index contributed by atoms with van der Waals surface area (Å²) in [6.07, 6.45) is 0.920. The predicted octanol–water partition coefficient (Wildman–Crippen LogP) is 0.559. The number of rotatable bonds is 12. The van der Waals surface area contributed by atoms with E-state index in [0.717, 1.165) is 0 Å². The molecular weight excluding hydrogens is 614 g/mol. The zero-order chi connectivity index (χ0) is 31.5. The summed E-state index contributed by atoms with van der Waals surface area (Å²) in [4.78, 5) is 6.43. The maximum Gasteiger partial charge on any atom is 0.248 e. The van der Waals surface area contributed by atoms with Gasteiger partial charge < -0.3 is 34.3 Å². The number of sulfonamides is 2. The van der Waals surface area contributed by atoms with Crippen LogP contribution in [-0.2, 0) is 24.8 Å². The van der Waals surface area contributed by atoms with Gasteiger partial charge >= 0.3 is 0 Å². The molecule has 0 aliphatic carbocycles. The zero-order valence-electron chi connectivity index (χ0n) is 25.2. The largest absolute Gasteiger partial charge is 0.491 e. The summed E-state index contributed by atoms with van der Waals surface area (Å²) in [5.74, 6) is 0.745. The number of fused-ring (bicyclic) bond motifs is 1. The fraction of sp³-hybridized carbons (Fsp3) is 0.607. The average molecular weight is 656 g/mol. The van der Waals surface area contributed by atoms with Gasteiger partial charge in [0, 0.05) is 38.8 Å². The van der Waals surface area contributed by atoms with Crippen LogP contribution < -0.4 is 29.1 Å². The van der Waals surface area contributed by atoms with Gasteiger partial charge in [0.15, 0.2) is 0 Å². The van der Waals surface area contributed by atoms with Crippen LogP contribution in [0, 0.1) is 0 Å². The summed E-state index contributed by atoms with van der Waals surface area (Å²) in [6, 6.07) is 7.65. The molecule has 4 heterocycles. The number of aliphatic hydroxyl groups is 1. The Kier molecular flexibility index (Phi) is 9.89. The van der Waals surface area contributed by atoms with E-state index in [1.54, 1.807) is 25.1 Å². The summed E-state index contributed by atoms with van der Waals surface area (Å²) in [7, 11) is -4.28. The molecule has 2 fully saturated rings. The summed E-state index contributed by atoms with van der Waals surface area (Å²) >= 11 is 0. The Labute approximate surface area is 258 Å². The van der Waals surface area contributed by atoms with Gasteiger partial charge in [-0.3, -0.25) is 0 Å². The van der Waals surface area contributed by atoms with Gasteiger partial charge in [-0.25, -0.2) is 21.6 Å². The number of piperidine rings is 1. The number of aliphatic hydroxyl groups excluding tert-OH is 1. The predicted molar refractivity (Wildman–Crippen MR) is 161 cm³/mol. The smallest absolute Gasteiger partial charge is 0.248 e. The maximum absolute atomic E-state index is 13.8. The number of hydrogen-bond donors (Lipinski definition) is 3. The molecular formula is C28H41N5O9S2. The SMILES string of the molecule is CCOc1nc2c(cc1S(=O)(=O)N1CCC3(CC1)C[C@H](NCC(O)COc1cccc(S(=O)(=O)NC)c1)CO3)N(C)CCO2. The third-order valence-electron chi connectivity index (χ3n) is 8.19. The number of likely N-dealkylation sites (N-methyl/N-ethyl adjacent to an activating group) is 1. The molecule has 3 aliphatic heterocycles. The quantitative estimate of drug-likeness (QED) is 0.291. The van der Waals surface area contributed by atoms with Crippen molar-refractivity contribution in [3.05, 3.63) is 30.3 Å². The number of anilines is 1. The number of hydrogen-bond acceptors (Lipinski definition) is 12. The van der Waals surface area contributed by atoms with Crippen molar-refractivity contribution in [2.45, 2.75) is 53.7 Å². The van der Waals surface area contributed by atoms with Crippen LogP contribution in [0.4, 0.5) is 5.69 Å². The minimum Gasteiger partial charge on any atom is -0.491 e. The van der Waals surface area contributed by atoms with E-state index in [1.807, 2.05) is 11.9 Å². The van der Waals surface area contributed by atoms with Crippen molar-refractivity contribution in [2.75, 3.05) is 71.6 Å². The van der Waals surface area contributed by atoms with E-state index in [9.17, 15) is 21.9 Å². The number of nitrogens with zero attached hydrogens (tertiary/aromatic N) is 3. The lowest BCUT2D eigenvalue weighted by Crippen LogP contribution is -2.47. The number of aromatic nitrogens is 1. The first kappa shape index (κ1) is 32.7. The van der Waals surface area contributed by atoms with Crippen LogP contribution in [-0.4, -0.2) is 116 Å². The molecule has 14 nitrogen and oxygen atoms in total. The second-order valence-corrected chi connectivity index (χ2v) is 15.0. The summed E-state index contributed by atoms with van der Waals surface area (Å²) in [6.45, 7) is 4.40. The number of benzene rings is 1. The first-order valence-electron chi connectivity index (χ1n) is 14.7. The molecule has 1 aromatic carbocycles. The standard InChI is InChI=1S/C28H41N5O9S2/c1-4-39-27-25(15-24-26(31-27)40-13-12-32(24)3)44(37,38)33-10-8-28(9-11-33)16-20(18-42-28)30-17-21(34)19-41-22-6-5-7-23(14-22)43(35,36)29-2/h5-7,14-15,20-21,29-30,34H,4,8-13,16-19H2,1-3H3/t20-,21?/m0/s1. The third-order valence-corrected chi connectivity index (χ3v) is 11.5. The molecule has 0 amide bonds. The molecule has 1 aromatic heterocycles. The number of ether oxygens (including phenoxy) is 4. The maximum atomic E-state index is 13.8. The van der Waals surface area contributed by atoms with Crippen molar-refractivity contribution in [3.8, 4) is 17.5 Å². The average Bonchev–Trinajstić information content (AvgIpc) is 3.41. The Morgan fingerprint density at radius 2 is 1.93 bits per heavy atom. The first-order chi connectivity index (χ1) is 21.0. The second kappa shape index (κ2) is 13.3. The van der Waals surface area contributed by atoms with Gasteiger partial charge in [-0.05, 0) is 51.4 Å². The molecule has 3 N–H and O–H groups in total. The molecule has 2 aromatic rings. The highest BCUT2D eigenvalue weighted by Crippen LogP contribution is 2.40. The highest BCUT2D eigenvalue weighted by molar-refractivity contribution is 7.89. The van der Waals surface area contributed by atoms with Crippen molar-refractivity contribution in [3.63, 3.8) is 0 Å². The molecule has 1 unspecified atom stereocenters. The highest BCUT2D eigenvalue weighted by Gasteiger charge is 2.45. The van der Waals surface area contributed by atoms with Gasteiger partial charge in [-0.1, -0.05) is 6.07 Å². The van der Waals surface area contributed by atoms with Crippen LogP contribution in [0.15, 0.2) is 40.1 Å². The molecule has 5 rings (SSSR count). The lowest BCUT2D eigenvalue weighted by Gasteiger charge is -2.38. The van der Waals surface area contributed by atoms with E-state index in [2.05, 4.69) is 15.0 Å². The molecule has 0 radical (unpaired) electrons. The van der Waals surface area contributed by atoms with Crippen molar-refractivity contribution in [1.82, 2.24) is 19.3 Å². The minimum absolute atomic E-state index is 0.0122. The van der Waals surface area contributed by atoms with Gasteiger partial charge in [-0.2, -0.15) is 9.29 Å². The van der Waals surface area contributed by atoms with Crippen molar-refractivity contribution in [2.24, 2.45) is 0 Å². The van der Waals surface area contributed by atoms with Crippen LogP contribution in [0.1, 0.15) is 26.2 Å². The molecule has 0 bridgehead atoms. The summed E-state index contributed by atoms with van der Waals surface area (Å²) < 4.78 is 78.4. The van der Waals surface area contributed by atoms with Gasteiger partial charge in [0.25, 0.3) is 0 Å². The van der Waals surface area contributed by atoms with Crippen LogP contribution in [0.5, 0.6) is 17.5 Å². The molecule has 3 aliphatic rings. The topological polar surface area (TPSA) is 169 Å². The van der Waals surface area contributed by atoms with Crippen LogP contribution in [0.25, 0.3) is 0 Å². The number of pyridine rings is 1. The van der Waals surface area contributed by atoms with Gasteiger partial charge in [-0.15, -0.1) is 0 Å². The fourth-order valence-electron chi connectivity index (χ4n) is 5.66. The molecule has 44 heavy (non-hydrogen) atoms. The normalized spacial score (nSPS) is 21.1. The molecule has 1 spiro atoms. The number of nitrogens with one attached hydrogen (secondary N) is 2. The zero-order valence-corrected chi connectivity index (χ0v) is 26.8. The Bertz CT molecular complexity index is 1530. The Morgan fingerprint density at radius 3 is 2.66 bits per heavy atom. The van der Waals surface area contributed by atoms with E-state index in [4.69, 9.17) is 18.9 Å². The van der Waals surface area contributed by atoms with Crippen LogP contribution in [0.3, 0.4) is 0 Å². The van der Waals surface area contributed by atoms with Crippen molar-refractivity contribution in [1.29, 1.82) is 0 Å². The van der Waals surface area contributed by atoms with Gasteiger partial charge in [0.2, 0.25) is 31.8 Å². The van der Waals surface area contributed by atoms with E-state index in [0.29, 0.717) is 69.4 Å². The lowest BCUT2D eigenvalue weighted by molar-refractivity contribution is -0.0312. The molecule has 2 atom stereocenters. The second-order valence-electron chi connectivity index (χ2n) is 11.2. The van der Waals surface area contributed by atoms with Crippen LogP contribution >= 0.6 is 0 Å². The van der Waals surface area contributed by atoms with Gasteiger partial charge in [0.1, 0.15) is 35.7 Å². The van der Waals surface area contributed by atoms with Crippen LogP contribution in [0.2, 0.25) is 0 Å². The first-order valence-corrected chi connectivity index (χ1v) is 17.6. The van der Waals surface area contributed by atoms with E-state index >= 15 is 0 Å². The molecule has 0 saturated carbocycles. The third kappa shape index (κ3) is 7.06. The van der Waals surface area contributed by atoms with E-state index in [-0.39, 0.29) is 41.5 Å². The van der Waals surface area contributed by atoms with Crippen molar-refractivity contribution < 1.29 is 40.9 Å². The van der Waals surface area contributed by atoms with Gasteiger partial charge in [0.05, 0.1) is 30.3 Å². The van der Waals surface area contributed by atoms with Crippen molar-refractivity contribution >= 4 is 25.7 Å². The molecule has 244 valence electrons. The van der Waals surface area contributed by atoms with E-state index < -0.39 is 31.8 Å². The monoisotopic (exact) mass is 655 g/mol. The summed E-state index contributed by atoms with van der Waals surface area (Å²) in [5.41, 5.74) is 0.164. The minimum atomic E-state index is -3.89. The lowest BCUT2D eigenvalue weighted by atomic mass is 9.88. The van der Waals surface area contributed by atoms with E-state index in [1.165, 1.54) is 23.5 Å². The summed E-state index contributed by atoms with van der Waals surface area (Å²) in [5, 5.41) is 13.8. The Balaban J connectivity index is 1.13. The Hall–Kier alpha value is -2.73. The molecule has 16 heteroatoms. The fourth-order valence-corrected chi connectivity index (χ4v) is 7.95.